The van der Waals surface area contributed by atoms with Crippen molar-refractivity contribution in [1.82, 2.24) is 10.3 Å². The van der Waals surface area contributed by atoms with E-state index < -0.39 is 0 Å². The maximum absolute atomic E-state index is 12.1. The van der Waals surface area contributed by atoms with E-state index in [1.54, 1.807) is 29.5 Å². The number of aryl methyl sites for hydroxylation is 2. The van der Waals surface area contributed by atoms with Crippen molar-refractivity contribution >= 4 is 17.2 Å². The molecule has 0 bridgehead atoms. The van der Waals surface area contributed by atoms with E-state index in [1.807, 2.05) is 13.8 Å². The van der Waals surface area contributed by atoms with Gasteiger partial charge in [0.1, 0.15) is 0 Å². The normalized spacial score (nSPS) is 12.5. The first-order valence-corrected chi connectivity index (χ1v) is 7.56. The molecule has 2 aromatic rings. The molecule has 0 atom stereocenters. The largest absolute Gasteiger partial charge is 0.454 e. The molecule has 1 aromatic heterocycles. The molecule has 5 nitrogen and oxygen atoms in total. The van der Waals surface area contributed by atoms with Crippen molar-refractivity contribution in [2.75, 3.05) is 13.3 Å². The van der Waals surface area contributed by atoms with Gasteiger partial charge in [0.2, 0.25) is 6.79 Å². The van der Waals surface area contributed by atoms with Gasteiger partial charge in [0.25, 0.3) is 5.91 Å². The van der Waals surface area contributed by atoms with Crippen LogP contribution in [0.15, 0.2) is 18.2 Å². The van der Waals surface area contributed by atoms with Gasteiger partial charge in [-0.15, -0.1) is 11.3 Å². The number of carbonyl (C=O) groups excluding carboxylic acids is 1. The fourth-order valence-corrected chi connectivity index (χ4v) is 3.17. The van der Waals surface area contributed by atoms with Crippen LogP contribution in [0.2, 0.25) is 0 Å². The minimum absolute atomic E-state index is 0.104. The molecule has 0 saturated carbocycles. The summed E-state index contributed by atoms with van der Waals surface area (Å²) in [5.41, 5.74) is 1.63. The molecule has 3 rings (SSSR count). The van der Waals surface area contributed by atoms with Crippen LogP contribution in [-0.4, -0.2) is 24.2 Å². The van der Waals surface area contributed by atoms with Crippen LogP contribution in [-0.2, 0) is 6.42 Å². The Hall–Kier alpha value is -2.08. The molecule has 110 valence electrons. The van der Waals surface area contributed by atoms with Gasteiger partial charge in [-0.2, -0.15) is 0 Å². The zero-order chi connectivity index (χ0) is 14.8. The zero-order valence-corrected chi connectivity index (χ0v) is 12.8. The summed E-state index contributed by atoms with van der Waals surface area (Å²) in [5, 5.41) is 3.98. The highest BCUT2D eigenvalue weighted by Crippen LogP contribution is 2.32. The van der Waals surface area contributed by atoms with Crippen LogP contribution in [0.3, 0.4) is 0 Å². The van der Waals surface area contributed by atoms with Gasteiger partial charge in [-0.1, -0.05) is 0 Å². The maximum Gasteiger partial charge on any atom is 0.251 e. The predicted octanol–water partition coefficient (Wildman–Crippen LogP) is 2.46. The van der Waals surface area contributed by atoms with Gasteiger partial charge in [0.05, 0.1) is 10.7 Å². The maximum atomic E-state index is 12.1. The second kappa shape index (κ2) is 5.73. The van der Waals surface area contributed by atoms with E-state index in [0.717, 1.165) is 17.1 Å². The van der Waals surface area contributed by atoms with Crippen molar-refractivity contribution in [3.8, 4) is 11.5 Å². The van der Waals surface area contributed by atoms with Crippen LogP contribution in [0.5, 0.6) is 11.5 Å². The molecular formula is C15H16N2O3S. The number of rotatable bonds is 4. The van der Waals surface area contributed by atoms with Crippen molar-refractivity contribution in [3.05, 3.63) is 39.3 Å². The van der Waals surface area contributed by atoms with Gasteiger partial charge in [0.15, 0.2) is 11.5 Å². The number of nitrogens with zero attached hydrogens (tertiary/aromatic N) is 1. The van der Waals surface area contributed by atoms with E-state index in [2.05, 4.69) is 10.3 Å². The summed E-state index contributed by atoms with van der Waals surface area (Å²) in [5.74, 6) is 1.20. The molecule has 1 aliphatic rings. The number of hydrogen-bond acceptors (Lipinski definition) is 5. The molecule has 0 spiro atoms. The summed E-state index contributed by atoms with van der Waals surface area (Å²) in [6.07, 6.45) is 0.799. The Bertz CT molecular complexity index is 682. The van der Waals surface area contributed by atoms with Gasteiger partial charge >= 0.3 is 0 Å². The predicted molar refractivity (Wildman–Crippen MR) is 80.2 cm³/mol. The number of hydrogen-bond donors (Lipinski definition) is 1. The van der Waals surface area contributed by atoms with Gasteiger partial charge in [0, 0.05) is 23.4 Å². The van der Waals surface area contributed by atoms with E-state index in [1.165, 1.54) is 4.88 Å². The number of amides is 1. The van der Waals surface area contributed by atoms with Crippen LogP contribution in [0.25, 0.3) is 0 Å². The minimum atomic E-state index is -0.104. The third-order valence-electron chi connectivity index (χ3n) is 3.27. The Morgan fingerprint density at radius 2 is 2.14 bits per heavy atom. The van der Waals surface area contributed by atoms with Crippen LogP contribution in [0, 0.1) is 13.8 Å². The van der Waals surface area contributed by atoms with Crippen molar-refractivity contribution in [3.63, 3.8) is 0 Å². The smallest absolute Gasteiger partial charge is 0.251 e. The van der Waals surface area contributed by atoms with Crippen LogP contribution in [0.1, 0.15) is 25.9 Å². The van der Waals surface area contributed by atoms with Gasteiger partial charge in [-0.05, 0) is 32.0 Å². The Labute approximate surface area is 126 Å². The molecule has 0 aliphatic carbocycles. The van der Waals surface area contributed by atoms with E-state index >= 15 is 0 Å². The number of aromatic nitrogens is 1. The number of nitrogens with one attached hydrogen (secondary N) is 1. The Kier molecular flexibility index (Phi) is 3.79. The summed E-state index contributed by atoms with van der Waals surface area (Å²) in [4.78, 5) is 17.7. The van der Waals surface area contributed by atoms with Crippen molar-refractivity contribution in [1.29, 1.82) is 0 Å². The lowest BCUT2D eigenvalue weighted by atomic mass is 10.2. The molecule has 1 amide bonds. The monoisotopic (exact) mass is 304 g/mol. The fraction of sp³-hybridized carbons (Fsp3) is 0.333. The van der Waals surface area contributed by atoms with E-state index in [9.17, 15) is 4.79 Å². The molecule has 1 N–H and O–H groups in total. The number of fused-ring (bicyclic) bond motifs is 1. The molecule has 1 aliphatic heterocycles. The van der Waals surface area contributed by atoms with Gasteiger partial charge in [-0.25, -0.2) is 4.98 Å². The summed E-state index contributed by atoms with van der Waals surface area (Å²) in [7, 11) is 0. The summed E-state index contributed by atoms with van der Waals surface area (Å²) >= 11 is 1.68. The summed E-state index contributed by atoms with van der Waals surface area (Å²) in [6, 6.07) is 5.21. The molecular weight excluding hydrogens is 288 g/mol. The van der Waals surface area contributed by atoms with Crippen molar-refractivity contribution < 1.29 is 14.3 Å². The second-order valence-corrected chi connectivity index (χ2v) is 6.10. The first-order chi connectivity index (χ1) is 10.1. The summed E-state index contributed by atoms with van der Waals surface area (Å²) < 4.78 is 10.5. The second-order valence-electron chi connectivity index (χ2n) is 4.82. The third-order valence-corrected chi connectivity index (χ3v) is 4.40. The molecule has 0 radical (unpaired) electrons. The standard InChI is InChI=1S/C15H16N2O3S/c1-9-14(21-10(2)17-9)5-6-16-15(18)11-3-4-12-13(7-11)20-8-19-12/h3-4,7H,5-6,8H2,1-2H3,(H,16,18). The lowest BCUT2D eigenvalue weighted by molar-refractivity contribution is 0.0953. The molecule has 0 saturated heterocycles. The fourth-order valence-electron chi connectivity index (χ4n) is 2.23. The topological polar surface area (TPSA) is 60.5 Å². The van der Waals surface area contributed by atoms with Crippen LogP contribution >= 0.6 is 11.3 Å². The molecule has 0 unspecified atom stereocenters. The first-order valence-electron chi connectivity index (χ1n) is 6.74. The number of benzene rings is 1. The highest BCUT2D eigenvalue weighted by molar-refractivity contribution is 7.11. The van der Waals surface area contributed by atoms with E-state index in [4.69, 9.17) is 9.47 Å². The number of thiazole rings is 1. The van der Waals surface area contributed by atoms with Crippen molar-refractivity contribution in [2.24, 2.45) is 0 Å². The summed E-state index contributed by atoms with van der Waals surface area (Å²) in [6.45, 7) is 4.80. The SMILES string of the molecule is Cc1nc(C)c(CCNC(=O)c2ccc3c(c2)OCO3)s1. The lowest BCUT2D eigenvalue weighted by Gasteiger charge is -2.05. The van der Waals surface area contributed by atoms with Crippen LogP contribution < -0.4 is 14.8 Å². The molecule has 21 heavy (non-hydrogen) atoms. The molecule has 1 aromatic carbocycles. The van der Waals surface area contributed by atoms with Gasteiger partial charge in [-0.3, -0.25) is 4.79 Å². The highest BCUT2D eigenvalue weighted by atomic mass is 32.1. The minimum Gasteiger partial charge on any atom is -0.454 e. The average molecular weight is 304 g/mol. The molecule has 6 heteroatoms. The number of ether oxygens (including phenoxy) is 2. The average Bonchev–Trinajstić information content (AvgIpc) is 3.04. The molecule has 0 fully saturated rings. The van der Waals surface area contributed by atoms with E-state index in [0.29, 0.717) is 23.6 Å². The van der Waals surface area contributed by atoms with E-state index in [-0.39, 0.29) is 12.7 Å². The third kappa shape index (κ3) is 3.00. The highest BCUT2D eigenvalue weighted by Gasteiger charge is 2.16. The Morgan fingerprint density at radius 1 is 1.33 bits per heavy atom. The Balaban J connectivity index is 1.58. The lowest BCUT2D eigenvalue weighted by Crippen LogP contribution is -2.25. The first kappa shape index (κ1) is 13.9. The molecule has 2 heterocycles. The number of carbonyl (C=O) groups is 1. The Morgan fingerprint density at radius 3 is 2.90 bits per heavy atom. The van der Waals surface area contributed by atoms with Crippen molar-refractivity contribution in [2.45, 2.75) is 20.3 Å². The van der Waals surface area contributed by atoms with Crippen LogP contribution in [0.4, 0.5) is 0 Å². The van der Waals surface area contributed by atoms with Gasteiger partial charge < -0.3 is 14.8 Å². The zero-order valence-electron chi connectivity index (χ0n) is 11.9. The quantitative estimate of drug-likeness (QED) is 0.942.